The first-order chi connectivity index (χ1) is 11.7. The van der Waals surface area contributed by atoms with Gasteiger partial charge in [0.25, 0.3) is 0 Å². The summed E-state index contributed by atoms with van der Waals surface area (Å²) < 4.78 is 9.70. The first-order valence-electron chi connectivity index (χ1n) is 9.36. The highest BCUT2D eigenvalue weighted by atomic mass is 16.5. The number of allylic oxidation sites excluding steroid dienone is 1. The fraction of sp³-hybridized carbons (Fsp3) is 0.842. The van der Waals surface area contributed by atoms with Gasteiger partial charge < -0.3 is 24.7 Å². The lowest BCUT2D eigenvalue weighted by Crippen LogP contribution is -2.86. The van der Waals surface area contributed by atoms with Gasteiger partial charge in [0.15, 0.2) is 0 Å². The molecule has 0 bridgehead atoms. The van der Waals surface area contributed by atoms with Crippen molar-refractivity contribution in [1.82, 2.24) is 0 Å². The zero-order chi connectivity index (χ0) is 18.3. The van der Waals surface area contributed by atoms with E-state index in [4.69, 9.17) is 9.47 Å². The number of nitrogens with two attached hydrogens (primary N) is 1. The molecule has 0 aromatic carbocycles. The molecule has 0 aliphatic heterocycles. The highest BCUT2D eigenvalue weighted by Crippen LogP contribution is 2.09. The van der Waals surface area contributed by atoms with Crippen LogP contribution in [-0.4, -0.2) is 46.5 Å². The van der Waals surface area contributed by atoms with Crippen LogP contribution in [0.15, 0.2) is 12.2 Å². The van der Waals surface area contributed by atoms with Crippen molar-refractivity contribution in [2.45, 2.75) is 64.7 Å². The summed E-state index contributed by atoms with van der Waals surface area (Å²) in [7, 11) is 3.42. The van der Waals surface area contributed by atoms with Crippen molar-refractivity contribution in [1.29, 1.82) is 0 Å². The second-order valence-electron chi connectivity index (χ2n) is 5.84. The maximum Gasteiger partial charge on any atom is 0.0993 e. The van der Waals surface area contributed by atoms with Crippen molar-refractivity contribution in [3.8, 4) is 0 Å². The van der Waals surface area contributed by atoms with E-state index >= 15 is 0 Å². The van der Waals surface area contributed by atoms with E-state index in [0.717, 1.165) is 45.2 Å². The average molecular weight is 346 g/mol. The van der Waals surface area contributed by atoms with Crippen LogP contribution < -0.4 is 10.4 Å². The summed E-state index contributed by atoms with van der Waals surface area (Å²) in [5, 5.41) is 12.2. The van der Waals surface area contributed by atoms with E-state index in [2.05, 4.69) is 12.2 Å². The number of methoxy groups -OCH3 is 2. The van der Waals surface area contributed by atoms with Gasteiger partial charge in [0.1, 0.15) is 0 Å². The number of rotatable bonds is 16. The molecule has 0 rings (SSSR count). The van der Waals surface area contributed by atoms with Crippen molar-refractivity contribution >= 4 is 5.97 Å². The standard InChI is InChI=1S/C13H24O2.C6H15NO2/c1-2-3-4-5-6-7-8-9-10-11-12-13(14)15;1-8-5-3-7-4-6-9-2/h11-12H,2-10H2,1H3,(H,14,15);7H,3-6H2,1-2H3. The van der Waals surface area contributed by atoms with E-state index in [9.17, 15) is 9.90 Å². The zero-order valence-electron chi connectivity index (χ0n) is 16.1. The highest BCUT2D eigenvalue weighted by molar-refractivity contribution is 5.77. The Morgan fingerprint density at radius 2 is 1.42 bits per heavy atom. The Hall–Kier alpha value is -0.910. The minimum atomic E-state index is -1.09. The molecule has 24 heavy (non-hydrogen) atoms. The Balaban J connectivity index is 0. The molecule has 0 heterocycles. The highest BCUT2D eigenvalue weighted by Gasteiger charge is 1.90. The molecule has 5 nitrogen and oxygen atoms in total. The first-order valence-corrected chi connectivity index (χ1v) is 9.36. The lowest BCUT2D eigenvalue weighted by Gasteiger charge is -1.99. The van der Waals surface area contributed by atoms with Gasteiger partial charge >= 0.3 is 0 Å². The van der Waals surface area contributed by atoms with E-state index in [1.807, 2.05) is 0 Å². The Labute approximate surface area is 148 Å². The maximum absolute atomic E-state index is 10.0. The quantitative estimate of drug-likeness (QED) is 0.341. The maximum atomic E-state index is 10.0. The molecule has 5 heteroatoms. The molecule has 0 saturated carbocycles. The van der Waals surface area contributed by atoms with Crippen LogP contribution in [0.3, 0.4) is 0 Å². The monoisotopic (exact) mass is 345 g/mol. The molecule has 0 spiro atoms. The summed E-state index contributed by atoms with van der Waals surface area (Å²) in [4.78, 5) is 10.0. The number of carbonyl (C=O) groups is 1. The lowest BCUT2D eigenvalue weighted by molar-refractivity contribution is -0.657. The molecule has 2 N–H and O–H groups in total. The molecule has 0 fully saturated rings. The number of carboxylic acids is 1. The van der Waals surface area contributed by atoms with Crippen LogP contribution in [0.1, 0.15) is 64.7 Å². The van der Waals surface area contributed by atoms with Crippen LogP contribution >= 0.6 is 0 Å². The van der Waals surface area contributed by atoms with Gasteiger partial charge in [-0.15, -0.1) is 0 Å². The summed E-state index contributed by atoms with van der Waals surface area (Å²) in [6.45, 7) is 5.93. The average Bonchev–Trinajstić information content (AvgIpc) is 2.57. The molecule has 0 aliphatic carbocycles. The van der Waals surface area contributed by atoms with Crippen LogP contribution in [0.5, 0.6) is 0 Å². The van der Waals surface area contributed by atoms with E-state index in [0.29, 0.717) is 0 Å². The largest absolute Gasteiger partial charge is 0.545 e. The molecule has 0 saturated heterocycles. The van der Waals surface area contributed by atoms with Gasteiger partial charge in [-0.2, -0.15) is 0 Å². The number of hydrogen-bond donors (Lipinski definition) is 1. The summed E-state index contributed by atoms with van der Waals surface area (Å²) in [6.07, 6.45) is 14.0. The Kier molecular flexibility index (Phi) is 25.7. The van der Waals surface area contributed by atoms with Crippen LogP contribution in [-0.2, 0) is 14.3 Å². The van der Waals surface area contributed by atoms with Crippen LogP contribution in [0, 0.1) is 0 Å². The second-order valence-corrected chi connectivity index (χ2v) is 5.84. The lowest BCUT2D eigenvalue weighted by atomic mass is 10.1. The van der Waals surface area contributed by atoms with Gasteiger partial charge in [-0.3, -0.25) is 0 Å². The van der Waals surface area contributed by atoms with Crippen molar-refractivity contribution in [2.75, 3.05) is 40.5 Å². The molecule has 0 atom stereocenters. The molecule has 0 amide bonds. The topological polar surface area (TPSA) is 75.2 Å². The normalized spacial score (nSPS) is 10.6. The van der Waals surface area contributed by atoms with Crippen molar-refractivity contribution in [3.63, 3.8) is 0 Å². The van der Waals surface area contributed by atoms with Crippen LogP contribution in [0.2, 0.25) is 0 Å². The Morgan fingerprint density at radius 3 is 1.88 bits per heavy atom. The predicted octanol–water partition coefficient (Wildman–Crippen LogP) is 1.67. The molecular formula is C19H39NO4. The van der Waals surface area contributed by atoms with E-state index in [-0.39, 0.29) is 0 Å². The minimum Gasteiger partial charge on any atom is -0.545 e. The third-order valence-electron chi connectivity index (χ3n) is 3.53. The summed E-state index contributed by atoms with van der Waals surface area (Å²) in [6, 6.07) is 0. The number of aliphatic carboxylic acids is 1. The number of carbonyl (C=O) groups excluding carboxylic acids is 1. The molecule has 144 valence electrons. The van der Waals surface area contributed by atoms with Crippen LogP contribution in [0.25, 0.3) is 0 Å². The number of hydrogen-bond acceptors (Lipinski definition) is 4. The van der Waals surface area contributed by atoms with Crippen molar-refractivity contribution in [2.24, 2.45) is 0 Å². The number of unbranched alkanes of at least 4 members (excludes halogenated alkanes) is 8. The summed E-state index contributed by atoms with van der Waals surface area (Å²) >= 11 is 0. The Morgan fingerprint density at radius 1 is 0.917 bits per heavy atom. The van der Waals surface area contributed by atoms with E-state index in [1.54, 1.807) is 20.3 Å². The van der Waals surface area contributed by atoms with E-state index < -0.39 is 5.97 Å². The van der Waals surface area contributed by atoms with E-state index in [1.165, 1.54) is 44.9 Å². The SMILES string of the molecule is CCCCCCCCCCC=CC(=O)[O-].COCC[NH2+]CCOC. The molecular weight excluding hydrogens is 306 g/mol. The number of carboxylic acid groups (broad SMARTS) is 1. The van der Waals surface area contributed by atoms with Crippen molar-refractivity contribution in [3.05, 3.63) is 12.2 Å². The van der Waals surface area contributed by atoms with Gasteiger partial charge in [0.05, 0.1) is 32.3 Å². The molecule has 0 unspecified atom stereocenters. The van der Waals surface area contributed by atoms with Gasteiger partial charge in [0, 0.05) is 14.2 Å². The van der Waals surface area contributed by atoms with Crippen molar-refractivity contribution < 1.29 is 24.7 Å². The third-order valence-corrected chi connectivity index (χ3v) is 3.53. The number of quaternary nitrogens is 1. The summed E-state index contributed by atoms with van der Waals surface area (Å²) in [5.41, 5.74) is 0. The number of ether oxygens (including phenoxy) is 2. The molecule has 0 aromatic heterocycles. The fourth-order valence-electron chi connectivity index (χ4n) is 2.12. The predicted molar refractivity (Wildman–Crippen MR) is 96.8 cm³/mol. The summed E-state index contributed by atoms with van der Waals surface area (Å²) in [5.74, 6) is -1.09. The zero-order valence-corrected chi connectivity index (χ0v) is 16.1. The first kappa shape index (κ1) is 25.3. The molecule has 0 aliphatic rings. The van der Waals surface area contributed by atoms with Gasteiger partial charge in [-0.25, -0.2) is 0 Å². The van der Waals surface area contributed by atoms with Crippen LogP contribution in [0.4, 0.5) is 0 Å². The second kappa shape index (κ2) is 24.3. The molecule has 0 aromatic rings. The smallest absolute Gasteiger partial charge is 0.0993 e. The van der Waals surface area contributed by atoms with Gasteiger partial charge in [0.2, 0.25) is 0 Å². The Bertz CT molecular complexity index is 264. The minimum absolute atomic E-state index is 0.823. The third kappa shape index (κ3) is 29.1. The van der Waals surface area contributed by atoms with Gasteiger partial charge in [-0.05, 0) is 18.9 Å². The fourth-order valence-corrected chi connectivity index (χ4v) is 2.12. The molecule has 0 radical (unpaired) electrons. The van der Waals surface area contributed by atoms with Gasteiger partial charge in [-0.1, -0.05) is 57.9 Å².